The highest BCUT2D eigenvalue weighted by Crippen LogP contribution is 2.23. The number of aliphatic hydroxyl groups excluding tert-OH is 2. The molecule has 5 nitrogen and oxygen atoms in total. The standard InChI is InChI=1S/C21H30O5/c1-15(5-3-7-17-9-10-25-14-17)11-19(22)12-16(2)6-4-8-18-13-20(23)26-21(18)24/h5,9-10,13-14,16,19,21-22,24H,3-4,6-8,11-12H2,1-2H3. The Morgan fingerprint density at radius 2 is 2.19 bits per heavy atom. The minimum atomic E-state index is -1.07. The first-order chi connectivity index (χ1) is 12.4. The fourth-order valence-corrected chi connectivity index (χ4v) is 3.33. The molecular weight excluding hydrogens is 332 g/mol. The lowest BCUT2D eigenvalue weighted by molar-refractivity contribution is -0.151. The van der Waals surface area contributed by atoms with Gasteiger partial charge in [-0.3, -0.25) is 0 Å². The molecule has 0 saturated heterocycles. The Morgan fingerprint density at radius 3 is 2.85 bits per heavy atom. The van der Waals surface area contributed by atoms with Gasteiger partial charge >= 0.3 is 5.97 Å². The Kier molecular flexibility index (Phi) is 8.13. The van der Waals surface area contributed by atoms with E-state index in [1.54, 1.807) is 12.5 Å². The van der Waals surface area contributed by atoms with Gasteiger partial charge in [-0.15, -0.1) is 0 Å². The van der Waals surface area contributed by atoms with Crippen molar-refractivity contribution < 1.29 is 24.2 Å². The molecule has 1 aliphatic rings. The van der Waals surface area contributed by atoms with Gasteiger partial charge in [0.25, 0.3) is 0 Å². The van der Waals surface area contributed by atoms with E-state index < -0.39 is 12.3 Å². The lowest BCUT2D eigenvalue weighted by Crippen LogP contribution is -2.13. The summed E-state index contributed by atoms with van der Waals surface area (Å²) in [6.45, 7) is 4.19. The van der Waals surface area contributed by atoms with E-state index >= 15 is 0 Å². The third kappa shape index (κ3) is 7.18. The second-order valence-corrected chi connectivity index (χ2v) is 7.32. The predicted octanol–water partition coefficient (Wildman–Crippen LogP) is 3.91. The van der Waals surface area contributed by atoms with Crippen LogP contribution in [0.5, 0.6) is 0 Å². The van der Waals surface area contributed by atoms with E-state index in [-0.39, 0.29) is 6.10 Å². The van der Waals surface area contributed by atoms with Crippen molar-refractivity contribution in [1.29, 1.82) is 0 Å². The number of carbonyl (C=O) groups is 1. The van der Waals surface area contributed by atoms with Crippen molar-refractivity contribution in [3.05, 3.63) is 47.5 Å². The minimum Gasteiger partial charge on any atom is -0.472 e. The zero-order valence-electron chi connectivity index (χ0n) is 15.7. The number of aliphatic hydroxyl groups is 2. The van der Waals surface area contributed by atoms with Crippen LogP contribution in [0.4, 0.5) is 0 Å². The quantitative estimate of drug-likeness (QED) is 0.461. The van der Waals surface area contributed by atoms with E-state index in [4.69, 9.17) is 4.42 Å². The van der Waals surface area contributed by atoms with Gasteiger partial charge in [-0.2, -0.15) is 0 Å². The maximum atomic E-state index is 11.0. The summed E-state index contributed by atoms with van der Waals surface area (Å²) in [6, 6.07) is 1.97. The van der Waals surface area contributed by atoms with E-state index in [1.165, 1.54) is 17.2 Å². The number of allylic oxidation sites excluding steroid dienone is 1. The van der Waals surface area contributed by atoms with Crippen LogP contribution in [0.2, 0.25) is 0 Å². The number of aryl methyl sites for hydroxylation is 1. The number of ether oxygens (including phenoxy) is 1. The molecule has 0 aliphatic carbocycles. The van der Waals surface area contributed by atoms with E-state index in [9.17, 15) is 15.0 Å². The first kappa shape index (κ1) is 20.5. The van der Waals surface area contributed by atoms with E-state index in [2.05, 4.69) is 24.7 Å². The molecule has 0 aromatic carbocycles. The molecule has 2 rings (SSSR count). The first-order valence-electron chi connectivity index (χ1n) is 9.38. The molecule has 1 aromatic heterocycles. The van der Waals surface area contributed by atoms with Crippen LogP contribution in [-0.2, 0) is 16.0 Å². The van der Waals surface area contributed by atoms with Crippen LogP contribution in [0, 0.1) is 5.92 Å². The zero-order valence-corrected chi connectivity index (χ0v) is 15.7. The highest BCUT2D eigenvalue weighted by atomic mass is 16.6. The van der Waals surface area contributed by atoms with Crippen molar-refractivity contribution in [1.82, 2.24) is 0 Å². The van der Waals surface area contributed by atoms with Gasteiger partial charge in [0.1, 0.15) is 0 Å². The molecule has 26 heavy (non-hydrogen) atoms. The molecule has 0 fully saturated rings. The summed E-state index contributed by atoms with van der Waals surface area (Å²) in [5.41, 5.74) is 3.06. The largest absolute Gasteiger partial charge is 0.472 e. The smallest absolute Gasteiger partial charge is 0.333 e. The van der Waals surface area contributed by atoms with Gasteiger partial charge in [-0.05, 0) is 63.0 Å². The van der Waals surface area contributed by atoms with Crippen LogP contribution in [0.1, 0.15) is 57.9 Å². The minimum absolute atomic E-state index is 0.337. The Bertz CT molecular complexity index is 614. The van der Waals surface area contributed by atoms with Crippen LogP contribution in [-0.4, -0.2) is 28.6 Å². The van der Waals surface area contributed by atoms with E-state index in [1.807, 2.05) is 6.07 Å². The van der Waals surface area contributed by atoms with Crippen molar-refractivity contribution >= 4 is 5.97 Å². The summed E-state index contributed by atoms with van der Waals surface area (Å²) >= 11 is 0. The molecule has 0 spiro atoms. The number of cyclic esters (lactones) is 1. The second kappa shape index (κ2) is 10.3. The molecular formula is C21H30O5. The highest BCUT2D eigenvalue weighted by molar-refractivity contribution is 5.85. The van der Waals surface area contributed by atoms with Crippen LogP contribution in [0.15, 0.2) is 46.3 Å². The maximum Gasteiger partial charge on any atom is 0.333 e. The summed E-state index contributed by atoms with van der Waals surface area (Å²) in [7, 11) is 0. The molecule has 0 bridgehead atoms. The Labute approximate surface area is 155 Å². The fraction of sp³-hybridized carbons (Fsp3) is 0.571. The number of rotatable bonds is 11. The van der Waals surface area contributed by atoms with Gasteiger partial charge < -0.3 is 19.4 Å². The molecule has 2 N–H and O–H groups in total. The third-order valence-electron chi connectivity index (χ3n) is 4.75. The highest BCUT2D eigenvalue weighted by Gasteiger charge is 2.23. The Balaban J connectivity index is 1.60. The fourth-order valence-electron chi connectivity index (χ4n) is 3.33. The van der Waals surface area contributed by atoms with Crippen LogP contribution in [0.3, 0.4) is 0 Å². The lowest BCUT2D eigenvalue weighted by Gasteiger charge is -2.17. The molecule has 0 amide bonds. The summed E-state index contributed by atoms with van der Waals surface area (Å²) in [4.78, 5) is 11.0. The van der Waals surface area contributed by atoms with Crippen molar-refractivity contribution in [2.75, 3.05) is 0 Å². The first-order valence-corrected chi connectivity index (χ1v) is 9.38. The predicted molar refractivity (Wildman–Crippen MR) is 99.2 cm³/mol. The number of hydrogen-bond acceptors (Lipinski definition) is 5. The van der Waals surface area contributed by atoms with Crippen molar-refractivity contribution in [2.45, 2.75) is 71.2 Å². The molecule has 1 aliphatic heterocycles. The van der Waals surface area contributed by atoms with Crippen molar-refractivity contribution in [3.63, 3.8) is 0 Å². The Morgan fingerprint density at radius 1 is 1.38 bits per heavy atom. The van der Waals surface area contributed by atoms with Gasteiger partial charge in [0.2, 0.25) is 6.29 Å². The average molecular weight is 362 g/mol. The molecule has 144 valence electrons. The van der Waals surface area contributed by atoms with Crippen LogP contribution < -0.4 is 0 Å². The normalized spacial score (nSPS) is 20.0. The molecule has 3 atom stereocenters. The zero-order chi connectivity index (χ0) is 18.9. The van der Waals surface area contributed by atoms with Gasteiger partial charge in [0.15, 0.2) is 0 Å². The lowest BCUT2D eigenvalue weighted by atomic mass is 9.93. The SMILES string of the molecule is CC(=CCCc1ccoc1)CC(O)CC(C)CCCC1=CC(=O)OC1O. The molecule has 0 saturated carbocycles. The van der Waals surface area contributed by atoms with Gasteiger partial charge in [0, 0.05) is 11.6 Å². The number of hydrogen-bond donors (Lipinski definition) is 2. The summed E-state index contributed by atoms with van der Waals surface area (Å²) in [5.74, 6) is -0.0782. The van der Waals surface area contributed by atoms with Crippen molar-refractivity contribution in [2.24, 2.45) is 5.92 Å². The average Bonchev–Trinajstić information content (AvgIpc) is 3.17. The molecule has 0 radical (unpaired) electrons. The summed E-state index contributed by atoms with van der Waals surface area (Å²) in [6.07, 6.45) is 11.4. The Hall–Kier alpha value is -1.85. The van der Waals surface area contributed by atoms with Crippen LogP contribution >= 0.6 is 0 Å². The monoisotopic (exact) mass is 362 g/mol. The van der Waals surface area contributed by atoms with Gasteiger partial charge in [0.05, 0.1) is 18.6 Å². The van der Waals surface area contributed by atoms with Gasteiger partial charge in [-0.1, -0.05) is 25.0 Å². The van der Waals surface area contributed by atoms with Crippen LogP contribution in [0.25, 0.3) is 0 Å². The van der Waals surface area contributed by atoms with Gasteiger partial charge in [-0.25, -0.2) is 4.79 Å². The number of carbonyl (C=O) groups excluding carboxylic acids is 1. The van der Waals surface area contributed by atoms with E-state index in [0.29, 0.717) is 24.3 Å². The van der Waals surface area contributed by atoms with Crippen molar-refractivity contribution in [3.8, 4) is 0 Å². The number of furan rings is 1. The summed E-state index contributed by atoms with van der Waals surface area (Å²) < 4.78 is 9.72. The molecule has 5 heteroatoms. The number of esters is 1. The third-order valence-corrected chi connectivity index (χ3v) is 4.75. The topological polar surface area (TPSA) is 79.9 Å². The maximum absolute atomic E-state index is 11.0. The molecule has 2 heterocycles. The summed E-state index contributed by atoms with van der Waals surface area (Å²) in [5, 5.41) is 19.8. The molecule has 1 aromatic rings. The molecule has 3 unspecified atom stereocenters. The van der Waals surface area contributed by atoms with E-state index in [0.717, 1.165) is 32.1 Å². The second-order valence-electron chi connectivity index (χ2n) is 7.32.